The summed E-state index contributed by atoms with van der Waals surface area (Å²) in [6, 6.07) is 5.96. The molecule has 1 aromatic rings. The number of anilines is 1. The number of amides is 1. The molecule has 1 aromatic carbocycles. The van der Waals surface area contributed by atoms with Crippen LogP contribution in [0.15, 0.2) is 23.2 Å². The van der Waals surface area contributed by atoms with Crippen LogP contribution in [0.1, 0.15) is 38.3 Å². The highest BCUT2D eigenvalue weighted by Gasteiger charge is 2.38. The number of hydrogen-bond acceptors (Lipinski definition) is 2. The van der Waals surface area contributed by atoms with E-state index in [-0.39, 0.29) is 17.4 Å². The Morgan fingerprint density at radius 1 is 1.32 bits per heavy atom. The molecule has 2 aliphatic heterocycles. The van der Waals surface area contributed by atoms with Crippen molar-refractivity contribution < 1.29 is 4.79 Å². The topological polar surface area (TPSA) is 32.7 Å². The lowest BCUT2D eigenvalue weighted by molar-refractivity contribution is -0.121. The number of hydrogen-bond donors (Lipinski definition) is 0. The standard InChI is InChI=1S/C16H20N2O/c1-16(2,3)14-15(19)18-9-5-8-11-6-4-7-12(10-17-14)13(11)18/h4,6-7,10,14H,5,8-9H2,1-3H3. The minimum absolute atomic E-state index is 0.146. The zero-order valence-electron chi connectivity index (χ0n) is 11.8. The summed E-state index contributed by atoms with van der Waals surface area (Å²) in [5.74, 6) is 0.148. The maximum Gasteiger partial charge on any atom is 0.252 e. The second-order valence-corrected chi connectivity index (χ2v) is 6.50. The van der Waals surface area contributed by atoms with Crippen molar-refractivity contribution in [2.45, 2.75) is 39.7 Å². The maximum absolute atomic E-state index is 12.8. The van der Waals surface area contributed by atoms with Crippen molar-refractivity contribution in [2.75, 3.05) is 11.4 Å². The molecule has 0 N–H and O–H groups in total. The second kappa shape index (κ2) is 4.19. The molecular weight excluding hydrogens is 236 g/mol. The van der Waals surface area contributed by atoms with Gasteiger partial charge in [0.1, 0.15) is 6.04 Å². The SMILES string of the molecule is CC(C)(C)C1N=Cc2cccc3c2N(CCC3)C1=O. The van der Waals surface area contributed by atoms with Gasteiger partial charge in [0.2, 0.25) is 0 Å². The smallest absolute Gasteiger partial charge is 0.252 e. The van der Waals surface area contributed by atoms with E-state index in [2.05, 4.69) is 44.0 Å². The zero-order chi connectivity index (χ0) is 13.6. The van der Waals surface area contributed by atoms with Gasteiger partial charge in [-0.1, -0.05) is 39.0 Å². The Bertz CT molecular complexity index is 554. The average molecular weight is 256 g/mol. The fraction of sp³-hybridized carbons (Fsp3) is 0.500. The van der Waals surface area contributed by atoms with Gasteiger partial charge in [0, 0.05) is 18.3 Å². The van der Waals surface area contributed by atoms with E-state index in [4.69, 9.17) is 0 Å². The molecule has 0 aliphatic carbocycles. The van der Waals surface area contributed by atoms with E-state index in [0.29, 0.717) is 0 Å². The molecule has 1 amide bonds. The molecule has 1 unspecified atom stereocenters. The Morgan fingerprint density at radius 3 is 2.84 bits per heavy atom. The van der Waals surface area contributed by atoms with Crippen LogP contribution in [-0.4, -0.2) is 24.7 Å². The Kier molecular flexibility index (Phi) is 2.73. The molecule has 0 spiro atoms. The van der Waals surface area contributed by atoms with Gasteiger partial charge in [0.25, 0.3) is 5.91 Å². The summed E-state index contributed by atoms with van der Waals surface area (Å²) in [4.78, 5) is 19.3. The number of carbonyl (C=O) groups is 1. The number of aryl methyl sites for hydroxylation is 1. The molecule has 3 nitrogen and oxygen atoms in total. The van der Waals surface area contributed by atoms with E-state index in [1.165, 1.54) is 5.56 Å². The lowest BCUT2D eigenvalue weighted by Gasteiger charge is -2.34. The van der Waals surface area contributed by atoms with Gasteiger partial charge in [-0.25, -0.2) is 0 Å². The van der Waals surface area contributed by atoms with Crippen molar-refractivity contribution in [3.63, 3.8) is 0 Å². The van der Waals surface area contributed by atoms with Crippen LogP contribution in [0.5, 0.6) is 0 Å². The highest BCUT2D eigenvalue weighted by molar-refractivity contribution is 6.06. The van der Waals surface area contributed by atoms with Crippen LogP contribution < -0.4 is 4.90 Å². The summed E-state index contributed by atoms with van der Waals surface area (Å²) in [6.07, 6.45) is 3.98. The highest BCUT2D eigenvalue weighted by Crippen LogP contribution is 2.35. The first-order valence-electron chi connectivity index (χ1n) is 6.95. The third-order valence-electron chi connectivity index (χ3n) is 3.93. The van der Waals surface area contributed by atoms with Gasteiger partial charge >= 0.3 is 0 Å². The molecule has 19 heavy (non-hydrogen) atoms. The number of aliphatic imine (C=N–C) groups is 1. The minimum Gasteiger partial charge on any atom is -0.310 e. The zero-order valence-corrected chi connectivity index (χ0v) is 11.8. The Labute approximate surface area is 114 Å². The molecule has 0 bridgehead atoms. The van der Waals surface area contributed by atoms with Gasteiger partial charge in [-0.2, -0.15) is 0 Å². The Hall–Kier alpha value is -1.64. The molecule has 0 fully saturated rings. The molecule has 3 heteroatoms. The van der Waals surface area contributed by atoms with E-state index in [1.807, 2.05) is 11.1 Å². The third kappa shape index (κ3) is 1.97. The molecule has 1 atom stereocenters. The van der Waals surface area contributed by atoms with Crippen LogP contribution in [0.4, 0.5) is 5.69 Å². The normalized spacial score (nSPS) is 22.2. The summed E-state index contributed by atoms with van der Waals surface area (Å²) < 4.78 is 0. The molecule has 0 radical (unpaired) electrons. The molecule has 100 valence electrons. The van der Waals surface area contributed by atoms with Gasteiger partial charge in [-0.3, -0.25) is 9.79 Å². The van der Waals surface area contributed by atoms with Crippen molar-refractivity contribution in [3.05, 3.63) is 29.3 Å². The first-order chi connectivity index (χ1) is 8.98. The quantitative estimate of drug-likeness (QED) is 0.702. The van der Waals surface area contributed by atoms with Crippen molar-refractivity contribution in [1.82, 2.24) is 0 Å². The van der Waals surface area contributed by atoms with Crippen LogP contribution >= 0.6 is 0 Å². The van der Waals surface area contributed by atoms with E-state index in [1.54, 1.807) is 0 Å². The Balaban J connectivity index is 2.14. The predicted octanol–water partition coefficient (Wildman–Crippen LogP) is 2.81. The third-order valence-corrected chi connectivity index (χ3v) is 3.93. The van der Waals surface area contributed by atoms with Crippen LogP contribution in [0, 0.1) is 5.41 Å². The fourth-order valence-corrected chi connectivity index (χ4v) is 2.97. The van der Waals surface area contributed by atoms with Gasteiger partial charge in [-0.05, 0) is 23.8 Å². The summed E-state index contributed by atoms with van der Waals surface area (Å²) >= 11 is 0. The molecule has 2 heterocycles. The molecule has 3 rings (SSSR count). The van der Waals surface area contributed by atoms with E-state index < -0.39 is 0 Å². The predicted molar refractivity (Wildman–Crippen MR) is 78.0 cm³/mol. The molecule has 0 saturated heterocycles. The van der Waals surface area contributed by atoms with Crippen molar-refractivity contribution in [1.29, 1.82) is 0 Å². The molecule has 0 saturated carbocycles. The largest absolute Gasteiger partial charge is 0.310 e. The first-order valence-corrected chi connectivity index (χ1v) is 6.95. The summed E-state index contributed by atoms with van der Waals surface area (Å²) in [5, 5.41) is 0. The summed E-state index contributed by atoms with van der Waals surface area (Å²) in [7, 11) is 0. The number of rotatable bonds is 0. The second-order valence-electron chi connectivity index (χ2n) is 6.50. The van der Waals surface area contributed by atoms with Crippen molar-refractivity contribution in [3.8, 4) is 0 Å². The van der Waals surface area contributed by atoms with Crippen LogP contribution in [-0.2, 0) is 11.2 Å². The summed E-state index contributed by atoms with van der Waals surface area (Å²) in [6.45, 7) is 7.05. The van der Waals surface area contributed by atoms with E-state index in [0.717, 1.165) is 30.6 Å². The summed E-state index contributed by atoms with van der Waals surface area (Å²) in [5.41, 5.74) is 3.30. The lowest BCUT2D eigenvalue weighted by Crippen LogP contribution is -2.45. The fourth-order valence-electron chi connectivity index (χ4n) is 2.97. The molecule has 2 aliphatic rings. The highest BCUT2D eigenvalue weighted by atomic mass is 16.2. The number of para-hydroxylation sites is 1. The molecule has 0 aromatic heterocycles. The average Bonchev–Trinajstić information content (AvgIpc) is 2.50. The van der Waals surface area contributed by atoms with E-state index in [9.17, 15) is 4.79 Å². The van der Waals surface area contributed by atoms with Crippen molar-refractivity contribution in [2.24, 2.45) is 10.4 Å². The van der Waals surface area contributed by atoms with E-state index >= 15 is 0 Å². The van der Waals surface area contributed by atoms with Crippen LogP contribution in [0.2, 0.25) is 0 Å². The first kappa shape index (κ1) is 12.4. The Morgan fingerprint density at radius 2 is 2.11 bits per heavy atom. The number of benzene rings is 1. The number of nitrogens with zero attached hydrogens (tertiary/aromatic N) is 2. The van der Waals surface area contributed by atoms with Crippen molar-refractivity contribution >= 4 is 17.8 Å². The minimum atomic E-state index is -0.286. The van der Waals surface area contributed by atoms with Crippen LogP contribution in [0.3, 0.4) is 0 Å². The van der Waals surface area contributed by atoms with Crippen LogP contribution in [0.25, 0.3) is 0 Å². The van der Waals surface area contributed by atoms with Gasteiger partial charge in [-0.15, -0.1) is 0 Å². The molecular formula is C16H20N2O. The lowest BCUT2D eigenvalue weighted by atomic mass is 9.86. The van der Waals surface area contributed by atoms with Gasteiger partial charge < -0.3 is 4.90 Å². The number of carbonyl (C=O) groups excluding carboxylic acids is 1. The maximum atomic E-state index is 12.8. The van der Waals surface area contributed by atoms with Gasteiger partial charge in [0.15, 0.2) is 0 Å². The van der Waals surface area contributed by atoms with Gasteiger partial charge in [0.05, 0.1) is 5.69 Å². The monoisotopic (exact) mass is 256 g/mol.